The molecule has 1 aromatic heterocycles. The molecule has 3 rings (SSSR count). The minimum atomic E-state index is -1.18. The van der Waals surface area contributed by atoms with E-state index in [9.17, 15) is 9.59 Å². The lowest BCUT2D eigenvalue weighted by atomic mass is 10.2. The fourth-order valence-corrected chi connectivity index (χ4v) is 3.08. The molecule has 1 heterocycles. The van der Waals surface area contributed by atoms with Crippen LogP contribution in [0.2, 0.25) is 10.0 Å². The number of rotatable bonds is 8. The molecule has 0 fully saturated rings. The zero-order valence-electron chi connectivity index (χ0n) is 17.3. The van der Waals surface area contributed by atoms with E-state index >= 15 is 0 Å². The average Bonchev–Trinajstić information content (AvgIpc) is 2.72. The fourth-order valence-electron chi connectivity index (χ4n) is 2.73. The Morgan fingerprint density at radius 1 is 1.19 bits per heavy atom. The summed E-state index contributed by atoms with van der Waals surface area (Å²) in [5.74, 6) is -0.531. The Morgan fingerprint density at radius 3 is 2.53 bits per heavy atom. The molecule has 0 amide bonds. The summed E-state index contributed by atoms with van der Waals surface area (Å²) in [6, 6.07) is 12.1. The van der Waals surface area contributed by atoms with Crippen LogP contribution in [0.1, 0.15) is 25.2 Å². The average molecular weight is 475 g/mol. The standard InChI is InChI=1S/C22H20Cl2N4O4/c1-13(2)32-18-8-7-16(11-17(18)24)25-21-26-19(9-10-20(29)30)27-22(31)28(21)12-14-3-5-15(23)6-4-14/h3-11,13H,12H2,1-2H3,(H,29,30)(H,25,26,27,31)/b10-9+. The van der Waals surface area contributed by atoms with Gasteiger partial charge >= 0.3 is 11.7 Å². The summed E-state index contributed by atoms with van der Waals surface area (Å²) >= 11 is 12.3. The van der Waals surface area contributed by atoms with Crippen LogP contribution in [-0.2, 0) is 11.3 Å². The molecule has 2 N–H and O–H groups in total. The van der Waals surface area contributed by atoms with Gasteiger partial charge in [0.25, 0.3) is 0 Å². The highest BCUT2D eigenvalue weighted by Gasteiger charge is 2.12. The molecule has 0 atom stereocenters. The smallest absolute Gasteiger partial charge is 0.352 e. The second-order valence-corrected chi connectivity index (χ2v) is 7.85. The lowest BCUT2D eigenvalue weighted by Crippen LogP contribution is -2.28. The summed E-state index contributed by atoms with van der Waals surface area (Å²) in [4.78, 5) is 31.7. The van der Waals surface area contributed by atoms with Gasteiger partial charge in [-0.1, -0.05) is 35.3 Å². The maximum absolute atomic E-state index is 12.7. The SMILES string of the molecule is CC(C)Oc1ccc(Nc2nc(/C=C/C(=O)O)nc(=O)n2Cc2ccc(Cl)cc2)cc1Cl. The molecule has 10 heteroatoms. The highest BCUT2D eigenvalue weighted by Crippen LogP contribution is 2.29. The van der Waals surface area contributed by atoms with E-state index in [4.69, 9.17) is 33.0 Å². The third kappa shape index (κ3) is 6.32. The van der Waals surface area contributed by atoms with E-state index in [1.165, 1.54) is 4.57 Å². The van der Waals surface area contributed by atoms with Gasteiger partial charge in [0.1, 0.15) is 5.75 Å². The Labute approximate surface area is 194 Å². The van der Waals surface area contributed by atoms with Gasteiger partial charge in [0.2, 0.25) is 5.95 Å². The number of carbonyl (C=O) groups is 1. The van der Waals surface area contributed by atoms with Crippen molar-refractivity contribution in [3.63, 3.8) is 0 Å². The largest absolute Gasteiger partial charge is 0.489 e. The van der Waals surface area contributed by atoms with Crippen molar-refractivity contribution in [1.29, 1.82) is 0 Å². The number of nitrogens with one attached hydrogen (secondary N) is 1. The van der Waals surface area contributed by atoms with Gasteiger partial charge in [0.05, 0.1) is 17.7 Å². The van der Waals surface area contributed by atoms with Crippen molar-refractivity contribution in [1.82, 2.24) is 14.5 Å². The molecule has 8 nitrogen and oxygen atoms in total. The van der Waals surface area contributed by atoms with Gasteiger partial charge in [0.15, 0.2) is 5.82 Å². The Kier molecular flexibility index (Phi) is 7.50. The van der Waals surface area contributed by atoms with E-state index in [1.54, 1.807) is 42.5 Å². The number of aromatic nitrogens is 3. The van der Waals surface area contributed by atoms with E-state index in [0.717, 1.165) is 17.7 Å². The van der Waals surface area contributed by atoms with E-state index in [2.05, 4.69) is 15.3 Å². The van der Waals surface area contributed by atoms with Crippen LogP contribution in [0.25, 0.3) is 6.08 Å². The third-order valence-corrected chi connectivity index (χ3v) is 4.64. The van der Waals surface area contributed by atoms with Crippen LogP contribution < -0.4 is 15.7 Å². The summed E-state index contributed by atoms with van der Waals surface area (Å²) < 4.78 is 6.97. The van der Waals surface area contributed by atoms with Crippen molar-refractivity contribution in [3.05, 3.63) is 80.5 Å². The van der Waals surface area contributed by atoms with Gasteiger partial charge in [-0.2, -0.15) is 9.97 Å². The number of ether oxygens (including phenoxy) is 1. The summed E-state index contributed by atoms with van der Waals surface area (Å²) in [5.41, 5.74) is 0.756. The number of anilines is 2. The maximum atomic E-state index is 12.7. The summed E-state index contributed by atoms with van der Waals surface area (Å²) in [6.45, 7) is 3.96. The minimum absolute atomic E-state index is 0.0405. The van der Waals surface area contributed by atoms with Crippen LogP contribution in [-0.4, -0.2) is 31.7 Å². The van der Waals surface area contributed by atoms with Crippen molar-refractivity contribution in [2.24, 2.45) is 0 Å². The quantitative estimate of drug-likeness (QED) is 0.458. The first-order valence-electron chi connectivity index (χ1n) is 9.59. The lowest BCUT2D eigenvalue weighted by molar-refractivity contribution is -0.131. The van der Waals surface area contributed by atoms with Crippen LogP contribution in [0.4, 0.5) is 11.6 Å². The number of hydrogen-bond donors (Lipinski definition) is 2. The van der Waals surface area contributed by atoms with Crippen LogP contribution in [0.3, 0.4) is 0 Å². The molecule has 0 spiro atoms. The molecule has 3 aromatic rings. The number of carboxylic acids is 1. The predicted octanol–water partition coefficient (Wildman–Crippen LogP) is 4.62. The Hall–Kier alpha value is -3.36. The normalized spacial score (nSPS) is 11.2. The van der Waals surface area contributed by atoms with Crippen molar-refractivity contribution in [2.75, 3.05) is 5.32 Å². The van der Waals surface area contributed by atoms with Gasteiger partial charge in [-0.15, -0.1) is 0 Å². The van der Waals surface area contributed by atoms with Gasteiger partial charge in [-0.25, -0.2) is 9.59 Å². The minimum Gasteiger partial charge on any atom is -0.489 e. The summed E-state index contributed by atoms with van der Waals surface area (Å²) in [5, 5.41) is 12.9. The van der Waals surface area contributed by atoms with E-state index in [0.29, 0.717) is 21.5 Å². The maximum Gasteiger partial charge on any atom is 0.352 e. The van der Waals surface area contributed by atoms with Gasteiger partial charge < -0.3 is 15.2 Å². The highest BCUT2D eigenvalue weighted by molar-refractivity contribution is 6.32. The first kappa shape index (κ1) is 23.3. The van der Waals surface area contributed by atoms with Crippen molar-refractivity contribution < 1.29 is 14.6 Å². The second kappa shape index (κ2) is 10.3. The first-order valence-corrected chi connectivity index (χ1v) is 10.3. The van der Waals surface area contributed by atoms with Crippen LogP contribution in [0.5, 0.6) is 5.75 Å². The highest BCUT2D eigenvalue weighted by atomic mass is 35.5. The molecule has 166 valence electrons. The molecule has 0 radical (unpaired) electrons. The number of halogens is 2. The predicted molar refractivity (Wildman–Crippen MR) is 124 cm³/mol. The molecule has 32 heavy (non-hydrogen) atoms. The van der Waals surface area contributed by atoms with Gasteiger partial charge in [0, 0.05) is 16.8 Å². The molecular formula is C22H20Cl2N4O4. The van der Waals surface area contributed by atoms with Crippen LogP contribution in [0.15, 0.2) is 53.3 Å². The molecule has 0 aliphatic heterocycles. The van der Waals surface area contributed by atoms with Crippen molar-refractivity contribution >= 4 is 46.9 Å². The van der Waals surface area contributed by atoms with Crippen molar-refractivity contribution in [3.8, 4) is 5.75 Å². The zero-order valence-corrected chi connectivity index (χ0v) is 18.8. The van der Waals surface area contributed by atoms with Crippen LogP contribution in [0, 0.1) is 0 Å². The summed E-state index contributed by atoms with van der Waals surface area (Å²) in [6.07, 6.45) is 1.96. The lowest BCUT2D eigenvalue weighted by Gasteiger charge is -2.15. The molecule has 0 bridgehead atoms. The number of aliphatic carboxylic acids is 1. The summed E-state index contributed by atoms with van der Waals surface area (Å²) in [7, 11) is 0. The van der Waals surface area contributed by atoms with Crippen molar-refractivity contribution in [2.45, 2.75) is 26.5 Å². The zero-order chi connectivity index (χ0) is 23.3. The van der Waals surface area contributed by atoms with Crippen LogP contribution >= 0.6 is 23.2 Å². The Bertz CT molecular complexity index is 1210. The monoisotopic (exact) mass is 474 g/mol. The molecule has 0 aliphatic rings. The molecule has 2 aromatic carbocycles. The molecule has 0 unspecified atom stereocenters. The second-order valence-electron chi connectivity index (χ2n) is 7.01. The fraction of sp³-hybridized carbons (Fsp3) is 0.182. The number of hydrogen-bond acceptors (Lipinski definition) is 6. The number of carboxylic acid groups (broad SMARTS) is 1. The molecule has 0 aliphatic carbocycles. The Morgan fingerprint density at radius 2 is 1.91 bits per heavy atom. The Balaban J connectivity index is 2.00. The van der Waals surface area contributed by atoms with E-state index in [1.807, 2.05) is 13.8 Å². The number of nitrogens with zero attached hydrogens (tertiary/aromatic N) is 3. The molecule has 0 saturated heterocycles. The van der Waals surface area contributed by atoms with Gasteiger partial charge in [-0.05, 0) is 55.8 Å². The third-order valence-electron chi connectivity index (χ3n) is 4.10. The van der Waals surface area contributed by atoms with E-state index < -0.39 is 11.7 Å². The number of benzene rings is 2. The first-order chi connectivity index (χ1) is 15.2. The molecule has 0 saturated carbocycles. The van der Waals surface area contributed by atoms with E-state index in [-0.39, 0.29) is 24.4 Å². The topological polar surface area (TPSA) is 106 Å². The van der Waals surface area contributed by atoms with Gasteiger partial charge in [-0.3, -0.25) is 4.57 Å². The molecular weight excluding hydrogens is 455 g/mol.